The second-order valence-corrected chi connectivity index (χ2v) is 5.49. The summed E-state index contributed by atoms with van der Waals surface area (Å²) in [5, 5.41) is 3.93. The molecule has 0 unspecified atom stereocenters. The minimum atomic E-state index is -0.407. The molecule has 0 fully saturated rings. The van der Waals surface area contributed by atoms with E-state index in [-0.39, 0.29) is 5.89 Å². The number of nitrogens with two attached hydrogens (primary N) is 1. The van der Waals surface area contributed by atoms with Crippen LogP contribution in [0.25, 0.3) is 22.8 Å². The van der Waals surface area contributed by atoms with Gasteiger partial charge in [0.05, 0.1) is 5.56 Å². The van der Waals surface area contributed by atoms with Gasteiger partial charge >= 0.3 is 0 Å². The van der Waals surface area contributed by atoms with Gasteiger partial charge in [0.2, 0.25) is 5.82 Å². The summed E-state index contributed by atoms with van der Waals surface area (Å²) in [5.41, 5.74) is 8.50. The third-order valence-corrected chi connectivity index (χ3v) is 3.69. The van der Waals surface area contributed by atoms with Gasteiger partial charge in [-0.1, -0.05) is 27.2 Å². The third-order valence-electron chi connectivity index (χ3n) is 3.04. The molecule has 6 heteroatoms. The maximum atomic E-state index is 13.3. The molecule has 2 N–H and O–H groups in total. The molecule has 0 atom stereocenters. The molecule has 0 saturated heterocycles. The summed E-state index contributed by atoms with van der Waals surface area (Å²) < 4.78 is 19.4. The van der Waals surface area contributed by atoms with Gasteiger partial charge in [0, 0.05) is 15.7 Å². The Morgan fingerprint density at radius 1 is 1.14 bits per heavy atom. The van der Waals surface area contributed by atoms with Crippen molar-refractivity contribution in [1.82, 2.24) is 10.1 Å². The molecule has 3 rings (SSSR count). The number of aryl methyl sites for hydroxylation is 1. The first-order valence-corrected chi connectivity index (χ1v) is 6.99. The molecule has 3 aromatic rings. The third kappa shape index (κ3) is 2.67. The molecule has 0 spiro atoms. The quantitative estimate of drug-likeness (QED) is 0.705. The second kappa shape index (κ2) is 5.29. The zero-order chi connectivity index (χ0) is 15.0. The molecule has 0 bridgehead atoms. The van der Waals surface area contributed by atoms with Crippen molar-refractivity contribution < 1.29 is 8.91 Å². The van der Waals surface area contributed by atoms with E-state index in [2.05, 4.69) is 26.1 Å². The highest BCUT2D eigenvalue weighted by Crippen LogP contribution is 2.30. The van der Waals surface area contributed by atoms with Crippen LogP contribution in [0.15, 0.2) is 45.4 Å². The van der Waals surface area contributed by atoms with Gasteiger partial charge in [-0.3, -0.25) is 0 Å². The molecule has 2 aromatic carbocycles. The normalized spacial score (nSPS) is 10.8. The highest BCUT2D eigenvalue weighted by atomic mass is 79.9. The van der Waals surface area contributed by atoms with E-state index in [9.17, 15) is 4.39 Å². The van der Waals surface area contributed by atoms with Crippen LogP contribution in [0, 0.1) is 12.7 Å². The average molecular weight is 348 g/mol. The number of anilines is 1. The van der Waals surface area contributed by atoms with Crippen LogP contribution in [-0.4, -0.2) is 10.1 Å². The first-order chi connectivity index (χ1) is 10.0. The Hall–Kier alpha value is -2.21. The van der Waals surface area contributed by atoms with Crippen molar-refractivity contribution in [3.05, 3.63) is 52.3 Å². The summed E-state index contributed by atoms with van der Waals surface area (Å²) in [6.45, 7) is 1.99. The van der Waals surface area contributed by atoms with E-state index in [0.717, 1.165) is 15.6 Å². The molecule has 1 heterocycles. The Balaban J connectivity index is 2.06. The minimum absolute atomic E-state index is 0.189. The minimum Gasteiger partial charge on any atom is -0.398 e. The maximum Gasteiger partial charge on any atom is 0.260 e. The van der Waals surface area contributed by atoms with Crippen molar-refractivity contribution in [2.75, 3.05) is 5.73 Å². The number of hydrogen-bond acceptors (Lipinski definition) is 4. The van der Waals surface area contributed by atoms with E-state index in [1.165, 1.54) is 18.2 Å². The van der Waals surface area contributed by atoms with Crippen molar-refractivity contribution >= 4 is 21.6 Å². The lowest BCUT2D eigenvalue weighted by Crippen LogP contribution is -1.91. The Bertz CT molecular complexity index is 816. The van der Waals surface area contributed by atoms with Gasteiger partial charge in [0.1, 0.15) is 5.82 Å². The van der Waals surface area contributed by atoms with E-state index < -0.39 is 5.82 Å². The molecule has 1 aromatic heterocycles. The van der Waals surface area contributed by atoms with E-state index >= 15 is 0 Å². The van der Waals surface area contributed by atoms with Crippen LogP contribution >= 0.6 is 15.9 Å². The molecule has 0 aliphatic carbocycles. The Labute approximate surface area is 128 Å². The molecule has 0 radical (unpaired) electrons. The first kappa shape index (κ1) is 13.8. The molecular formula is C15H11BrFN3O. The molecule has 21 heavy (non-hydrogen) atoms. The number of nitrogen functional groups attached to an aromatic ring is 1. The number of aromatic nitrogens is 2. The molecule has 0 saturated carbocycles. The van der Waals surface area contributed by atoms with Gasteiger partial charge in [-0.15, -0.1) is 0 Å². The average Bonchev–Trinajstić information content (AvgIpc) is 2.91. The van der Waals surface area contributed by atoms with Crippen LogP contribution in [-0.2, 0) is 0 Å². The Morgan fingerprint density at radius 3 is 2.71 bits per heavy atom. The highest BCUT2D eigenvalue weighted by Gasteiger charge is 2.15. The molecular weight excluding hydrogens is 337 g/mol. The molecule has 106 valence electrons. The topological polar surface area (TPSA) is 64.9 Å². The van der Waals surface area contributed by atoms with Crippen molar-refractivity contribution in [3.63, 3.8) is 0 Å². The lowest BCUT2D eigenvalue weighted by atomic mass is 10.1. The van der Waals surface area contributed by atoms with Crippen LogP contribution < -0.4 is 5.73 Å². The standard InChI is InChI=1S/C15H11BrFN3O/c1-8-2-4-10(12(16)6-8)14-19-15(21-20-14)11-7-9(17)3-5-13(11)18/h2-7H,18H2,1H3. The van der Waals surface area contributed by atoms with Gasteiger partial charge in [0.15, 0.2) is 0 Å². The van der Waals surface area contributed by atoms with Crippen molar-refractivity contribution in [2.24, 2.45) is 0 Å². The number of rotatable bonds is 2. The SMILES string of the molecule is Cc1ccc(-c2noc(-c3cc(F)ccc3N)n2)c(Br)c1. The van der Waals surface area contributed by atoms with Gasteiger partial charge in [-0.05, 0) is 42.8 Å². The smallest absolute Gasteiger partial charge is 0.260 e. The van der Waals surface area contributed by atoms with Gasteiger partial charge in [-0.25, -0.2) is 4.39 Å². The van der Waals surface area contributed by atoms with Crippen molar-refractivity contribution in [1.29, 1.82) is 0 Å². The summed E-state index contributed by atoms with van der Waals surface area (Å²) in [6, 6.07) is 9.83. The molecule has 4 nitrogen and oxygen atoms in total. The maximum absolute atomic E-state index is 13.3. The number of hydrogen-bond donors (Lipinski definition) is 1. The summed E-state index contributed by atoms with van der Waals surface area (Å²) in [5.74, 6) is 0.200. The Morgan fingerprint density at radius 2 is 1.95 bits per heavy atom. The van der Waals surface area contributed by atoms with Crippen molar-refractivity contribution in [2.45, 2.75) is 6.92 Å². The van der Waals surface area contributed by atoms with Crippen LogP contribution in [0.4, 0.5) is 10.1 Å². The Kier molecular flexibility index (Phi) is 3.47. The molecule has 0 amide bonds. The predicted molar refractivity (Wildman–Crippen MR) is 82.0 cm³/mol. The summed E-state index contributed by atoms with van der Waals surface area (Å²) in [6.07, 6.45) is 0. The lowest BCUT2D eigenvalue weighted by Gasteiger charge is -2.00. The van der Waals surface area contributed by atoms with E-state index in [4.69, 9.17) is 10.3 Å². The second-order valence-electron chi connectivity index (χ2n) is 4.64. The monoisotopic (exact) mass is 347 g/mol. The fraction of sp³-hybridized carbons (Fsp3) is 0.0667. The summed E-state index contributed by atoms with van der Waals surface area (Å²) in [4.78, 5) is 4.29. The summed E-state index contributed by atoms with van der Waals surface area (Å²) >= 11 is 3.47. The fourth-order valence-electron chi connectivity index (χ4n) is 1.96. The lowest BCUT2D eigenvalue weighted by molar-refractivity contribution is 0.432. The fourth-order valence-corrected chi connectivity index (χ4v) is 2.63. The molecule has 0 aliphatic rings. The molecule has 0 aliphatic heterocycles. The van der Waals surface area contributed by atoms with Crippen molar-refractivity contribution in [3.8, 4) is 22.8 Å². The van der Waals surface area contributed by atoms with Gasteiger partial charge < -0.3 is 10.3 Å². The highest BCUT2D eigenvalue weighted by molar-refractivity contribution is 9.10. The number of nitrogens with zero attached hydrogens (tertiary/aromatic N) is 2. The van der Waals surface area contributed by atoms with E-state index in [0.29, 0.717) is 17.1 Å². The van der Waals surface area contributed by atoms with Gasteiger partial charge in [0.25, 0.3) is 5.89 Å². The van der Waals surface area contributed by atoms with Crippen LogP contribution in [0.2, 0.25) is 0 Å². The van der Waals surface area contributed by atoms with E-state index in [1.807, 2.05) is 25.1 Å². The van der Waals surface area contributed by atoms with Gasteiger partial charge in [-0.2, -0.15) is 4.98 Å². The van der Waals surface area contributed by atoms with E-state index in [1.54, 1.807) is 0 Å². The van der Waals surface area contributed by atoms with Crippen LogP contribution in [0.5, 0.6) is 0 Å². The van der Waals surface area contributed by atoms with Crippen LogP contribution in [0.1, 0.15) is 5.56 Å². The number of benzene rings is 2. The first-order valence-electron chi connectivity index (χ1n) is 6.20. The summed E-state index contributed by atoms with van der Waals surface area (Å²) in [7, 11) is 0. The zero-order valence-corrected chi connectivity index (χ0v) is 12.7. The predicted octanol–water partition coefficient (Wildman–Crippen LogP) is 4.20. The number of halogens is 2. The zero-order valence-electron chi connectivity index (χ0n) is 11.1. The van der Waals surface area contributed by atoms with Crippen LogP contribution in [0.3, 0.4) is 0 Å². The largest absolute Gasteiger partial charge is 0.398 e.